The van der Waals surface area contributed by atoms with Crippen molar-refractivity contribution in [2.45, 2.75) is 0 Å². The lowest BCUT2D eigenvalue weighted by atomic mass is 9.89. The van der Waals surface area contributed by atoms with Gasteiger partial charge in [0.2, 0.25) is 0 Å². The lowest BCUT2D eigenvalue weighted by Gasteiger charge is -2.15. The molecule has 0 heteroatoms. The molecule has 0 aliphatic heterocycles. The van der Waals surface area contributed by atoms with Crippen molar-refractivity contribution in [1.82, 2.24) is 0 Å². The van der Waals surface area contributed by atoms with Crippen molar-refractivity contribution >= 4 is 10.8 Å². The number of benzene rings is 6. The van der Waals surface area contributed by atoms with Gasteiger partial charge in [0.05, 0.1) is 0 Å². The molecule has 0 saturated carbocycles. The molecular weight excluding hydrogens is 408 g/mol. The van der Waals surface area contributed by atoms with Gasteiger partial charge in [-0.05, 0) is 72.5 Å². The van der Waals surface area contributed by atoms with Crippen LogP contribution >= 0.6 is 0 Å². The van der Waals surface area contributed by atoms with Gasteiger partial charge in [0, 0.05) is 0 Å². The minimum Gasteiger partial charge on any atom is -0.0622 e. The Balaban J connectivity index is 1.44. The number of rotatable bonds is 3. The highest BCUT2D eigenvalue weighted by Gasteiger charge is 2.22. The van der Waals surface area contributed by atoms with E-state index in [-0.39, 0.29) is 0 Å². The molecule has 0 radical (unpaired) electrons. The highest BCUT2D eigenvalue weighted by atomic mass is 14.3. The van der Waals surface area contributed by atoms with Crippen molar-refractivity contribution in [2.24, 2.45) is 0 Å². The molecule has 0 amide bonds. The Kier molecular flexibility index (Phi) is 4.25. The molecule has 1 aliphatic rings. The van der Waals surface area contributed by atoms with Crippen molar-refractivity contribution in [1.29, 1.82) is 0 Å². The lowest BCUT2D eigenvalue weighted by Crippen LogP contribution is -1.88. The second kappa shape index (κ2) is 7.57. The molecule has 158 valence electrons. The third kappa shape index (κ3) is 2.86. The van der Waals surface area contributed by atoms with Gasteiger partial charge in [-0.25, -0.2) is 0 Å². The molecule has 34 heavy (non-hydrogen) atoms. The quantitative estimate of drug-likeness (QED) is 0.262. The van der Waals surface area contributed by atoms with Gasteiger partial charge in [-0.15, -0.1) is 0 Å². The number of hydrogen-bond donors (Lipinski definition) is 0. The second-order valence-corrected chi connectivity index (χ2v) is 8.93. The van der Waals surface area contributed by atoms with Crippen LogP contribution in [0.1, 0.15) is 0 Å². The summed E-state index contributed by atoms with van der Waals surface area (Å²) in [7, 11) is 0. The summed E-state index contributed by atoms with van der Waals surface area (Å²) < 4.78 is 0. The maximum Gasteiger partial charge on any atom is -0.00201 e. The van der Waals surface area contributed by atoms with E-state index in [9.17, 15) is 0 Å². The van der Waals surface area contributed by atoms with E-state index in [0.29, 0.717) is 0 Å². The molecule has 0 bridgehead atoms. The van der Waals surface area contributed by atoms with E-state index < -0.39 is 0 Å². The molecule has 6 aromatic carbocycles. The van der Waals surface area contributed by atoms with Crippen LogP contribution < -0.4 is 0 Å². The Morgan fingerprint density at radius 2 is 0.765 bits per heavy atom. The van der Waals surface area contributed by atoms with Crippen LogP contribution in [-0.4, -0.2) is 0 Å². The SMILES string of the molecule is c1ccc(-c2cccc(-c3ccccc3-c3ccc4c5c(cccc35)-c3ccccc3-4)c2)cc1. The summed E-state index contributed by atoms with van der Waals surface area (Å²) in [5.74, 6) is 0. The standard InChI is InChI=1S/C34H22/c1-2-10-23(11-3-1)24-12-8-13-25(22-24)26-14-4-5-15-27(26)30-20-21-33-29-17-7-6-16-28(29)31-18-9-19-32(30)34(31)33/h1-22H. The first-order valence-corrected chi connectivity index (χ1v) is 11.8. The molecule has 0 nitrogen and oxygen atoms in total. The van der Waals surface area contributed by atoms with E-state index in [2.05, 4.69) is 133 Å². The normalized spacial score (nSPS) is 11.5. The Morgan fingerprint density at radius 3 is 1.53 bits per heavy atom. The van der Waals surface area contributed by atoms with E-state index in [0.717, 1.165) is 0 Å². The van der Waals surface area contributed by atoms with Gasteiger partial charge in [0.15, 0.2) is 0 Å². The Bertz CT molecular complexity index is 1660. The first-order valence-electron chi connectivity index (χ1n) is 11.8. The third-order valence-corrected chi connectivity index (χ3v) is 7.05. The molecule has 1 aliphatic carbocycles. The molecular formula is C34H22. The minimum absolute atomic E-state index is 1.24. The summed E-state index contributed by atoms with van der Waals surface area (Å²) in [6, 6.07) is 48.4. The van der Waals surface area contributed by atoms with Crippen LogP contribution in [-0.2, 0) is 0 Å². The molecule has 0 aromatic heterocycles. The highest BCUT2D eigenvalue weighted by molar-refractivity contribution is 6.19. The largest absolute Gasteiger partial charge is 0.0622 e. The van der Waals surface area contributed by atoms with Gasteiger partial charge in [-0.3, -0.25) is 0 Å². The topological polar surface area (TPSA) is 0 Å². The van der Waals surface area contributed by atoms with E-state index in [1.165, 1.54) is 66.4 Å². The molecule has 0 atom stereocenters. The summed E-state index contributed by atoms with van der Waals surface area (Å²) in [5.41, 5.74) is 12.9. The van der Waals surface area contributed by atoms with Crippen LogP contribution in [0.2, 0.25) is 0 Å². The Labute approximate surface area is 199 Å². The zero-order chi connectivity index (χ0) is 22.5. The number of hydrogen-bond acceptors (Lipinski definition) is 0. The smallest absolute Gasteiger partial charge is 0.00201 e. The van der Waals surface area contributed by atoms with Crippen molar-refractivity contribution in [2.75, 3.05) is 0 Å². The van der Waals surface area contributed by atoms with E-state index >= 15 is 0 Å². The first kappa shape index (κ1) is 19.1. The van der Waals surface area contributed by atoms with Crippen LogP contribution in [0.15, 0.2) is 133 Å². The van der Waals surface area contributed by atoms with E-state index in [4.69, 9.17) is 0 Å². The molecule has 0 N–H and O–H groups in total. The van der Waals surface area contributed by atoms with Crippen molar-refractivity contribution in [3.63, 3.8) is 0 Å². The third-order valence-electron chi connectivity index (χ3n) is 7.05. The van der Waals surface area contributed by atoms with Crippen molar-refractivity contribution < 1.29 is 0 Å². The molecule has 6 aromatic rings. The fraction of sp³-hybridized carbons (Fsp3) is 0. The van der Waals surface area contributed by atoms with Gasteiger partial charge >= 0.3 is 0 Å². The van der Waals surface area contributed by atoms with Gasteiger partial charge in [-0.1, -0.05) is 127 Å². The zero-order valence-electron chi connectivity index (χ0n) is 18.7. The van der Waals surface area contributed by atoms with Crippen LogP contribution in [0.5, 0.6) is 0 Å². The summed E-state index contributed by atoms with van der Waals surface area (Å²) in [6.07, 6.45) is 0. The first-order chi connectivity index (χ1) is 16.9. The fourth-order valence-corrected chi connectivity index (χ4v) is 5.51. The van der Waals surface area contributed by atoms with Crippen LogP contribution in [0.25, 0.3) is 66.4 Å². The predicted octanol–water partition coefficient (Wildman–Crippen LogP) is 9.49. The average molecular weight is 431 g/mol. The lowest BCUT2D eigenvalue weighted by molar-refractivity contribution is 1.58. The van der Waals surface area contributed by atoms with Crippen LogP contribution in [0, 0.1) is 0 Å². The fourth-order valence-electron chi connectivity index (χ4n) is 5.51. The average Bonchev–Trinajstić information content (AvgIpc) is 3.25. The summed E-state index contributed by atoms with van der Waals surface area (Å²) in [5, 5.41) is 2.69. The maximum atomic E-state index is 2.31. The highest BCUT2D eigenvalue weighted by Crippen LogP contribution is 2.49. The second-order valence-electron chi connectivity index (χ2n) is 8.93. The van der Waals surface area contributed by atoms with Gasteiger partial charge < -0.3 is 0 Å². The van der Waals surface area contributed by atoms with Gasteiger partial charge in [0.1, 0.15) is 0 Å². The monoisotopic (exact) mass is 430 g/mol. The molecule has 0 fully saturated rings. The summed E-state index contributed by atoms with van der Waals surface area (Å²) >= 11 is 0. The van der Waals surface area contributed by atoms with Gasteiger partial charge in [0.25, 0.3) is 0 Å². The van der Waals surface area contributed by atoms with E-state index in [1.54, 1.807) is 0 Å². The maximum absolute atomic E-state index is 2.31. The Hall–Kier alpha value is -4.42. The molecule has 0 unspecified atom stereocenters. The molecule has 7 rings (SSSR count). The number of fused-ring (bicyclic) bond motifs is 3. The Morgan fingerprint density at radius 1 is 0.265 bits per heavy atom. The van der Waals surface area contributed by atoms with Crippen molar-refractivity contribution in [3.05, 3.63) is 133 Å². The zero-order valence-corrected chi connectivity index (χ0v) is 18.7. The molecule has 0 saturated heterocycles. The molecule has 0 heterocycles. The summed E-state index contributed by atoms with van der Waals surface area (Å²) in [6.45, 7) is 0. The van der Waals surface area contributed by atoms with Crippen molar-refractivity contribution in [3.8, 4) is 55.6 Å². The summed E-state index contributed by atoms with van der Waals surface area (Å²) in [4.78, 5) is 0. The van der Waals surface area contributed by atoms with Gasteiger partial charge in [-0.2, -0.15) is 0 Å². The molecule has 0 spiro atoms. The van der Waals surface area contributed by atoms with Crippen LogP contribution in [0.4, 0.5) is 0 Å². The predicted molar refractivity (Wildman–Crippen MR) is 145 cm³/mol. The minimum atomic E-state index is 1.24. The van der Waals surface area contributed by atoms with Crippen LogP contribution in [0.3, 0.4) is 0 Å². The van der Waals surface area contributed by atoms with E-state index in [1.807, 2.05) is 0 Å².